The summed E-state index contributed by atoms with van der Waals surface area (Å²) in [6, 6.07) is 17.3. The van der Waals surface area contributed by atoms with Crippen LogP contribution in [-0.4, -0.2) is 44.4 Å². The Balaban J connectivity index is 1.31. The summed E-state index contributed by atoms with van der Waals surface area (Å²) in [5, 5.41) is 25.6. The molecule has 1 spiro atoms. The summed E-state index contributed by atoms with van der Waals surface area (Å²) < 4.78 is 23.2. The lowest BCUT2D eigenvalue weighted by molar-refractivity contribution is -0.173. The van der Waals surface area contributed by atoms with Crippen molar-refractivity contribution >= 4 is 10.9 Å². The first kappa shape index (κ1) is 25.2. The number of benzene rings is 3. The molecule has 3 heterocycles. The van der Waals surface area contributed by atoms with Gasteiger partial charge in [-0.25, -0.2) is 4.39 Å². The van der Waals surface area contributed by atoms with E-state index in [0.29, 0.717) is 24.6 Å². The predicted molar refractivity (Wildman–Crippen MR) is 160 cm³/mol. The van der Waals surface area contributed by atoms with Gasteiger partial charge in [0, 0.05) is 42.0 Å². The zero-order valence-corrected chi connectivity index (χ0v) is 24.2. The fourth-order valence-corrected chi connectivity index (χ4v) is 9.17. The molecule has 1 saturated carbocycles. The molecule has 216 valence electrons. The van der Waals surface area contributed by atoms with Gasteiger partial charge in [0.1, 0.15) is 5.82 Å². The number of piperidine rings is 1. The molecule has 3 aromatic carbocycles. The van der Waals surface area contributed by atoms with Crippen LogP contribution in [0.25, 0.3) is 10.9 Å². The van der Waals surface area contributed by atoms with Gasteiger partial charge in [-0.05, 0) is 96.6 Å². The summed E-state index contributed by atoms with van der Waals surface area (Å²) in [5.74, 6) is 1.58. The maximum absolute atomic E-state index is 13.9. The summed E-state index contributed by atoms with van der Waals surface area (Å²) in [6.07, 6.45) is 4.25. The summed E-state index contributed by atoms with van der Waals surface area (Å²) >= 11 is 0. The third-order valence-corrected chi connectivity index (χ3v) is 11.4. The van der Waals surface area contributed by atoms with Gasteiger partial charge >= 0.3 is 0 Å². The highest BCUT2D eigenvalue weighted by atomic mass is 19.1. The molecule has 5 nitrogen and oxygen atoms in total. The molecule has 4 aromatic rings. The highest BCUT2D eigenvalue weighted by molar-refractivity contribution is 5.88. The smallest absolute Gasteiger partial charge is 0.166 e. The zero-order valence-electron chi connectivity index (χ0n) is 24.2. The van der Waals surface area contributed by atoms with Crippen LogP contribution < -0.4 is 4.74 Å². The summed E-state index contributed by atoms with van der Waals surface area (Å²) in [7, 11) is 0. The summed E-state index contributed by atoms with van der Waals surface area (Å²) in [4.78, 5) is 2.58. The molecule has 0 amide bonds. The molecule has 6 heteroatoms. The van der Waals surface area contributed by atoms with Crippen LogP contribution in [0.15, 0.2) is 54.6 Å². The Hall–Kier alpha value is -3.35. The van der Waals surface area contributed by atoms with Crippen LogP contribution in [0, 0.1) is 11.7 Å². The second kappa shape index (κ2) is 8.39. The molecule has 2 aliphatic heterocycles. The first-order valence-corrected chi connectivity index (χ1v) is 15.7. The number of likely N-dealkylation sites (tertiary alicyclic amines) is 1. The lowest BCUT2D eigenvalue weighted by Gasteiger charge is -2.63. The van der Waals surface area contributed by atoms with Gasteiger partial charge in [0.05, 0.1) is 16.7 Å². The van der Waals surface area contributed by atoms with Crippen molar-refractivity contribution in [1.29, 1.82) is 0 Å². The number of fused-ring (bicyclic) bond motifs is 4. The van der Waals surface area contributed by atoms with Crippen LogP contribution in [0.1, 0.15) is 78.6 Å². The van der Waals surface area contributed by atoms with Crippen LogP contribution in [-0.2, 0) is 24.8 Å². The van der Waals surface area contributed by atoms with Crippen LogP contribution in [0.5, 0.6) is 11.5 Å². The molecule has 1 saturated heterocycles. The van der Waals surface area contributed by atoms with Crippen molar-refractivity contribution in [2.75, 3.05) is 13.1 Å². The first-order chi connectivity index (χ1) is 20.3. The van der Waals surface area contributed by atoms with Crippen molar-refractivity contribution in [3.05, 3.63) is 93.9 Å². The van der Waals surface area contributed by atoms with Crippen molar-refractivity contribution in [2.45, 2.75) is 81.6 Å². The summed E-state index contributed by atoms with van der Waals surface area (Å²) in [6.45, 7) is 6.98. The minimum Gasteiger partial charge on any atom is -0.504 e. The standard InChI is InChI=1S/C36H37FN2O3/c1-20(2)23-7-11-28-26(15-23)27-17-36(41)30-16-24-8-12-29(40)33-31(24)35(36,13-14-38(30)18-21-3-4-21)34(42-33)32(27)39(28)19-22-5-9-25(37)10-6-22/h5-12,15,20-21,30,34,40-41H,3-4,13-14,16-19H2,1-2H3/t30-,34+,35+,36-/m1/s1. The van der Waals surface area contributed by atoms with Gasteiger partial charge in [0.2, 0.25) is 0 Å². The Morgan fingerprint density at radius 2 is 1.88 bits per heavy atom. The molecule has 0 unspecified atom stereocenters. The highest BCUT2D eigenvalue weighted by Gasteiger charge is 2.73. The number of phenolic OH excluding ortho intramolecular Hbond substituents is 1. The van der Waals surface area contributed by atoms with Crippen molar-refractivity contribution in [1.82, 2.24) is 9.47 Å². The predicted octanol–water partition coefficient (Wildman–Crippen LogP) is 6.36. The molecule has 0 radical (unpaired) electrons. The molecule has 5 aliphatic rings. The number of aromatic hydroxyl groups is 1. The monoisotopic (exact) mass is 564 g/mol. The Labute approximate surface area is 245 Å². The Kier molecular flexibility index (Phi) is 5.03. The average Bonchev–Trinajstić information content (AvgIpc) is 3.65. The normalized spacial score (nSPS) is 29.1. The first-order valence-electron chi connectivity index (χ1n) is 15.7. The maximum Gasteiger partial charge on any atom is 0.166 e. The molecule has 2 fully saturated rings. The Morgan fingerprint density at radius 1 is 1.07 bits per heavy atom. The number of aromatic nitrogens is 1. The van der Waals surface area contributed by atoms with Gasteiger partial charge < -0.3 is 19.5 Å². The number of hydrogen-bond acceptors (Lipinski definition) is 4. The van der Waals surface area contributed by atoms with E-state index < -0.39 is 17.1 Å². The average molecular weight is 565 g/mol. The largest absolute Gasteiger partial charge is 0.504 e. The third-order valence-electron chi connectivity index (χ3n) is 11.4. The number of rotatable bonds is 5. The van der Waals surface area contributed by atoms with Crippen LogP contribution in [0.2, 0.25) is 0 Å². The molecule has 2 N–H and O–H groups in total. The number of nitrogens with zero attached hydrogens (tertiary/aromatic N) is 2. The Morgan fingerprint density at radius 3 is 2.64 bits per heavy atom. The second-order valence-corrected chi connectivity index (χ2v) is 13.9. The molecule has 2 bridgehead atoms. The van der Waals surface area contributed by atoms with E-state index in [4.69, 9.17) is 4.74 Å². The zero-order chi connectivity index (χ0) is 28.5. The maximum atomic E-state index is 13.9. The van der Waals surface area contributed by atoms with Crippen LogP contribution in [0.3, 0.4) is 0 Å². The van der Waals surface area contributed by atoms with E-state index in [-0.39, 0.29) is 17.6 Å². The minimum absolute atomic E-state index is 0.00197. The van der Waals surface area contributed by atoms with E-state index in [9.17, 15) is 14.6 Å². The highest BCUT2D eigenvalue weighted by Crippen LogP contribution is 2.69. The fourth-order valence-electron chi connectivity index (χ4n) is 9.17. The van der Waals surface area contributed by atoms with Crippen LogP contribution >= 0.6 is 0 Å². The van der Waals surface area contributed by atoms with E-state index in [1.807, 2.05) is 12.1 Å². The van der Waals surface area contributed by atoms with Crippen molar-refractivity contribution in [3.63, 3.8) is 0 Å². The second-order valence-electron chi connectivity index (χ2n) is 13.9. The quantitative estimate of drug-likeness (QED) is 0.296. The van der Waals surface area contributed by atoms with Gasteiger partial charge in [-0.1, -0.05) is 38.1 Å². The topological polar surface area (TPSA) is 57.9 Å². The third kappa shape index (κ3) is 3.15. The number of aliphatic hydroxyl groups is 1. The number of ether oxygens (including phenoxy) is 1. The lowest BCUT2D eigenvalue weighted by Crippen LogP contribution is -2.74. The van der Waals surface area contributed by atoms with E-state index in [1.165, 1.54) is 41.5 Å². The van der Waals surface area contributed by atoms with Gasteiger partial charge in [-0.15, -0.1) is 0 Å². The molecule has 1 aromatic heterocycles. The van der Waals surface area contributed by atoms with Crippen LogP contribution in [0.4, 0.5) is 4.39 Å². The van der Waals surface area contributed by atoms with Crippen molar-refractivity contribution in [2.24, 2.45) is 5.92 Å². The SMILES string of the molecule is CC(C)c1ccc2c(c1)c1c(n2Cc2ccc(F)cc2)[C@@H]2Oc3c(O)ccc4c3[C@@]23CCN(CC2CC2)[C@H](C4)[C@]3(O)C1. The van der Waals surface area contributed by atoms with Gasteiger partial charge in [-0.2, -0.15) is 0 Å². The fraction of sp³-hybridized carbons (Fsp3) is 0.444. The molecule has 3 aliphatic carbocycles. The molecular formula is C36H37FN2O3. The van der Waals surface area contributed by atoms with E-state index in [0.717, 1.165) is 59.8 Å². The number of phenols is 1. The van der Waals surface area contributed by atoms with E-state index >= 15 is 0 Å². The van der Waals surface area contributed by atoms with Crippen molar-refractivity contribution < 1.29 is 19.3 Å². The lowest BCUT2D eigenvalue weighted by atomic mass is 9.49. The number of halogens is 1. The molecule has 9 rings (SSSR count). The summed E-state index contributed by atoms with van der Waals surface area (Å²) in [5.41, 5.74) is 6.23. The van der Waals surface area contributed by atoms with Gasteiger partial charge in [0.15, 0.2) is 17.6 Å². The van der Waals surface area contributed by atoms with Gasteiger partial charge in [-0.3, -0.25) is 4.90 Å². The minimum atomic E-state index is -1.02. The molecule has 42 heavy (non-hydrogen) atoms. The molecule has 4 atom stereocenters. The molecular weight excluding hydrogens is 527 g/mol. The van der Waals surface area contributed by atoms with Gasteiger partial charge in [0.25, 0.3) is 0 Å². The van der Waals surface area contributed by atoms with Crippen molar-refractivity contribution in [3.8, 4) is 11.5 Å². The Bertz CT molecular complexity index is 1770. The van der Waals surface area contributed by atoms with E-state index in [1.54, 1.807) is 6.07 Å². The number of hydrogen-bond donors (Lipinski definition) is 2. The van der Waals surface area contributed by atoms with E-state index in [2.05, 4.69) is 47.6 Å².